The second kappa shape index (κ2) is 6.98. The van der Waals surface area contributed by atoms with E-state index < -0.39 is 13.2 Å². The Morgan fingerprint density at radius 2 is 1.72 bits per heavy atom. The van der Waals surface area contributed by atoms with Crippen molar-refractivity contribution in [1.29, 1.82) is 0 Å². The zero-order valence-electron chi connectivity index (χ0n) is 14.2. The molecule has 5 N–H and O–H groups in total. The summed E-state index contributed by atoms with van der Waals surface area (Å²) < 4.78 is 15.1. The van der Waals surface area contributed by atoms with Gasteiger partial charge >= 0.3 is 7.60 Å². The number of hydrogen-bond donors (Lipinski definition) is 4. The number of nitrogens with two attached hydrogens (primary N) is 1. The molecule has 0 bridgehead atoms. The Labute approximate surface area is 145 Å². The molecule has 3 rings (SSSR count). The van der Waals surface area contributed by atoms with Crippen LogP contribution in [0, 0.1) is 0 Å². The number of aliphatic hydroxyl groups is 1. The van der Waals surface area contributed by atoms with E-state index in [2.05, 4.69) is 4.98 Å². The van der Waals surface area contributed by atoms with E-state index in [-0.39, 0.29) is 0 Å². The lowest BCUT2D eigenvalue weighted by atomic mass is 9.96. The molecule has 0 saturated carbocycles. The van der Waals surface area contributed by atoms with E-state index in [4.69, 9.17) is 19.9 Å². The molecule has 25 heavy (non-hydrogen) atoms. The summed E-state index contributed by atoms with van der Waals surface area (Å²) in [6.07, 6.45) is 0. The molecule has 1 aromatic heterocycles. The van der Waals surface area contributed by atoms with Crippen LogP contribution in [0.15, 0.2) is 46.9 Å². The van der Waals surface area contributed by atoms with E-state index in [0.717, 1.165) is 12.2 Å². The molecule has 7 nitrogen and oxygen atoms in total. The van der Waals surface area contributed by atoms with Crippen LogP contribution in [-0.2, 0) is 10.2 Å². The van der Waals surface area contributed by atoms with Crippen molar-refractivity contribution in [1.82, 2.24) is 4.98 Å². The lowest BCUT2D eigenvalue weighted by Gasteiger charge is -2.19. The quantitative estimate of drug-likeness (QED) is 0.406. The lowest BCUT2D eigenvalue weighted by molar-refractivity contribution is 0.0794. The zero-order valence-corrected chi connectivity index (χ0v) is 15.1. The van der Waals surface area contributed by atoms with Crippen molar-refractivity contribution >= 4 is 24.4 Å². The first kappa shape index (κ1) is 19.1. The summed E-state index contributed by atoms with van der Waals surface area (Å²) in [5.74, 6) is 0.549. The van der Waals surface area contributed by atoms with Gasteiger partial charge in [-0.1, -0.05) is 18.2 Å². The summed E-state index contributed by atoms with van der Waals surface area (Å²) in [6.45, 7) is 4.24. The highest BCUT2D eigenvalue weighted by Crippen LogP contribution is 2.32. The van der Waals surface area contributed by atoms with Gasteiger partial charge in [-0.15, -0.1) is 0 Å². The summed E-state index contributed by atoms with van der Waals surface area (Å²) in [4.78, 5) is 19.7. The van der Waals surface area contributed by atoms with Gasteiger partial charge in [-0.05, 0) is 38.1 Å². The maximum Gasteiger partial charge on any atom is 0.322 e. The molecule has 0 saturated heterocycles. The van der Waals surface area contributed by atoms with Crippen LogP contribution in [0.25, 0.3) is 22.6 Å². The van der Waals surface area contributed by atoms with Crippen molar-refractivity contribution in [2.45, 2.75) is 19.4 Å². The highest BCUT2D eigenvalue weighted by Gasteiger charge is 2.21. The van der Waals surface area contributed by atoms with Gasteiger partial charge in [0.05, 0.1) is 5.60 Å². The third-order valence-electron chi connectivity index (χ3n) is 3.24. The minimum atomic E-state index is -3.64. The highest BCUT2D eigenvalue weighted by atomic mass is 31.2. The van der Waals surface area contributed by atoms with Crippen LogP contribution in [0.1, 0.15) is 19.4 Å². The topological polar surface area (TPSA) is 130 Å². The van der Waals surface area contributed by atoms with E-state index in [1.807, 2.05) is 30.3 Å². The van der Waals surface area contributed by atoms with Crippen LogP contribution in [0.3, 0.4) is 0 Å². The zero-order chi connectivity index (χ0) is 18.8. The van der Waals surface area contributed by atoms with E-state index in [1.165, 1.54) is 0 Å². The Hall–Kier alpha value is -2.18. The molecule has 0 aliphatic heterocycles. The molecular weight excluding hydrogens is 343 g/mol. The Kier molecular flexibility index (Phi) is 5.34. The third kappa shape index (κ3) is 5.41. The average molecular weight is 364 g/mol. The first-order valence-electron chi connectivity index (χ1n) is 7.46. The normalized spacial score (nSPS) is 11.9. The maximum atomic E-state index is 10.1. The molecule has 0 radical (unpaired) electrons. The fraction of sp³-hybridized carbons (Fsp3) is 0.235. The monoisotopic (exact) mass is 364 g/mol. The number of rotatable bonds is 2. The van der Waals surface area contributed by atoms with Crippen LogP contribution < -0.4 is 5.73 Å². The fourth-order valence-corrected chi connectivity index (χ4v) is 2.22. The third-order valence-corrected chi connectivity index (χ3v) is 3.24. The van der Waals surface area contributed by atoms with E-state index in [9.17, 15) is 9.67 Å². The number of hydrogen-bond acceptors (Lipinski definition) is 5. The van der Waals surface area contributed by atoms with Gasteiger partial charge < -0.3 is 25.0 Å². The molecule has 0 aliphatic carbocycles. The van der Waals surface area contributed by atoms with Gasteiger partial charge in [0.15, 0.2) is 5.58 Å². The first-order valence-corrected chi connectivity index (χ1v) is 9.52. The predicted octanol–water partition coefficient (Wildman–Crippen LogP) is 3.10. The van der Waals surface area contributed by atoms with Crippen molar-refractivity contribution in [3.63, 3.8) is 0 Å². The molecule has 0 aliphatic rings. The standard InChI is InChI=1S/C16H16N2O2.CH5O3P/c1-16(2,19)11-8-14-13(9-12(11)17)18-15(20-14)10-6-4-3-5-7-10;1-5(2,3)4/h3-9,19H,17H2,1-2H3;1H3,(H2,2,3,4). The van der Waals surface area contributed by atoms with Crippen molar-refractivity contribution in [2.75, 3.05) is 12.4 Å². The van der Waals surface area contributed by atoms with Gasteiger partial charge in [-0.2, -0.15) is 0 Å². The molecule has 8 heteroatoms. The average Bonchev–Trinajstić information content (AvgIpc) is 2.87. The second-order valence-electron chi connectivity index (χ2n) is 6.19. The summed E-state index contributed by atoms with van der Waals surface area (Å²) >= 11 is 0. The van der Waals surface area contributed by atoms with Crippen LogP contribution in [0.2, 0.25) is 0 Å². The number of benzene rings is 2. The fourth-order valence-electron chi connectivity index (χ4n) is 2.22. The summed E-state index contributed by atoms with van der Waals surface area (Å²) in [6, 6.07) is 13.2. The van der Waals surface area contributed by atoms with Gasteiger partial charge in [-0.3, -0.25) is 4.57 Å². The maximum absolute atomic E-state index is 10.1. The predicted molar refractivity (Wildman–Crippen MR) is 97.1 cm³/mol. The highest BCUT2D eigenvalue weighted by molar-refractivity contribution is 7.50. The van der Waals surface area contributed by atoms with Gasteiger partial charge in [-0.25, -0.2) is 4.98 Å². The molecule has 0 unspecified atom stereocenters. The van der Waals surface area contributed by atoms with Crippen LogP contribution in [0.4, 0.5) is 5.69 Å². The Morgan fingerprint density at radius 1 is 1.16 bits per heavy atom. The van der Waals surface area contributed by atoms with Gasteiger partial charge in [0.2, 0.25) is 5.89 Å². The Morgan fingerprint density at radius 3 is 2.24 bits per heavy atom. The minimum Gasteiger partial charge on any atom is -0.436 e. The number of anilines is 1. The summed E-state index contributed by atoms with van der Waals surface area (Å²) in [7, 11) is -3.64. The number of fused-ring (bicyclic) bond motifs is 1. The van der Waals surface area contributed by atoms with Gasteiger partial charge in [0, 0.05) is 23.5 Å². The first-order chi connectivity index (χ1) is 11.4. The SMILES string of the molecule is CC(C)(O)c1cc2oc(-c3ccccc3)nc2cc1N.CP(=O)(O)O. The second-order valence-corrected chi connectivity index (χ2v) is 7.86. The van der Waals surface area contributed by atoms with Crippen LogP contribution in [0.5, 0.6) is 0 Å². The van der Waals surface area contributed by atoms with E-state index in [1.54, 1.807) is 26.0 Å². The van der Waals surface area contributed by atoms with Crippen LogP contribution >= 0.6 is 7.60 Å². The molecule has 2 aromatic carbocycles. The van der Waals surface area contributed by atoms with Crippen molar-refractivity contribution in [2.24, 2.45) is 0 Å². The molecule has 134 valence electrons. The smallest absolute Gasteiger partial charge is 0.322 e. The number of aromatic nitrogens is 1. The lowest BCUT2D eigenvalue weighted by Crippen LogP contribution is -2.17. The van der Waals surface area contributed by atoms with Crippen molar-refractivity contribution in [3.05, 3.63) is 48.0 Å². The molecule has 3 aromatic rings. The van der Waals surface area contributed by atoms with Gasteiger partial charge in [0.1, 0.15) is 5.52 Å². The molecule has 1 heterocycles. The summed E-state index contributed by atoms with van der Waals surface area (Å²) in [5, 5.41) is 10.1. The largest absolute Gasteiger partial charge is 0.436 e. The van der Waals surface area contributed by atoms with Crippen molar-refractivity contribution in [3.8, 4) is 11.5 Å². The Bertz CT molecular complexity index is 902. The van der Waals surface area contributed by atoms with E-state index in [0.29, 0.717) is 28.2 Å². The summed E-state index contributed by atoms with van der Waals surface area (Å²) in [5.41, 5.74) is 8.33. The number of oxazole rings is 1. The molecule has 0 amide bonds. The number of nitrogen functional groups attached to an aromatic ring is 1. The van der Waals surface area contributed by atoms with E-state index >= 15 is 0 Å². The van der Waals surface area contributed by atoms with Crippen molar-refractivity contribution < 1.29 is 23.9 Å². The number of nitrogens with zero attached hydrogens (tertiary/aromatic N) is 1. The Balaban J connectivity index is 0.000000399. The molecule has 0 spiro atoms. The van der Waals surface area contributed by atoms with Crippen LogP contribution in [-0.4, -0.2) is 26.5 Å². The molecule has 0 atom stereocenters. The van der Waals surface area contributed by atoms with Gasteiger partial charge in [0.25, 0.3) is 0 Å². The molecule has 0 fully saturated rings. The molecular formula is C17H21N2O5P. The minimum absolute atomic E-state index is 0.512.